The maximum Gasteiger partial charge on any atom is 0.255 e. The molecule has 0 bridgehead atoms. The van der Waals surface area contributed by atoms with Crippen LogP contribution in [-0.2, 0) is 4.79 Å². The molecule has 1 aliphatic rings. The van der Waals surface area contributed by atoms with E-state index in [1.54, 1.807) is 6.92 Å². The highest BCUT2D eigenvalue weighted by Crippen LogP contribution is 2.27. The number of carbonyl (C=O) groups is 2. The Labute approximate surface area is 148 Å². The lowest BCUT2D eigenvalue weighted by Gasteiger charge is -2.36. The second-order valence-electron chi connectivity index (χ2n) is 6.33. The first-order valence-electron chi connectivity index (χ1n) is 8.52. The number of piperazine rings is 1. The van der Waals surface area contributed by atoms with Crippen molar-refractivity contribution < 1.29 is 9.59 Å². The van der Waals surface area contributed by atoms with Crippen LogP contribution in [0.15, 0.2) is 48.5 Å². The van der Waals surface area contributed by atoms with E-state index in [0.29, 0.717) is 18.7 Å². The topological polar surface area (TPSA) is 52.7 Å². The maximum absolute atomic E-state index is 12.5. The molecule has 2 aromatic carbocycles. The molecule has 130 valence electrons. The van der Waals surface area contributed by atoms with E-state index in [1.165, 1.54) is 0 Å². The van der Waals surface area contributed by atoms with Crippen LogP contribution >= 0.6 is 0 Å². The first-order valence-corrected chi connectivity index (χ1v) is 8.52. The summed E-state index contributed by atoms with van der Waals surface area (Å²) >= 11 is 0. The highest BCUT2D eigenvalue weighted by molar-refractivity contribution is 6.06. The Bertz CT molecular complexity index is 763. The van der Waals surface area contributed by atoms with E-state index in [2.05, 4.69) is 10.2 Å². The van der Waals surface area contributed by atoms with Gasteiger partial charge in [0.1, 0.15) is 0 Å². The van der Waals surface area contributed by atoms with Gasteiger partial charge in [-0.25, -0.2) is 0 Å². The van der Waals surface area contributed by atoms with Gasteiger partial charge in [0.2, 0.25) is 5.91 Å². The van der Waals surface area contributed by atoms with Crippen LogP contribution in [0.3, 0.4) is 0 Å². The molecular weight excluding hydrogens is 314 g/mol. The molecule has 2 amide bonds. The number of nitrogens with zero attached hydrogens (tertiary/aromatic N) is 2. The van der Waals surface area contributed by atoms with Gasteiger partial charge >= 0.3 is 0 Å². The van der Waals surface area contributed by atoms with E-state index in [9.17, 15) is 9.59 Å². The van der Waals surface area contributed by atoms with Crippen molar-refractivity contribution in [3.05, 3.63) is 59.7 Å². The predicted molar refractivity (Wildman–Crippen MR) is 100 cm³/mol. The third-order valence-electron chi connectivity index (χ3n) is 4.53. The Hall–Kier alpha value is -2.82. The minimum absolute atomic E-state index is 0.112. The van der Waals surface area contributed by atoms with Crippen molar-refractivity contribution in [2.45, 2.75) is 13.8 Å². The molecule has 1 saturated heterocycles. The molecule has 5 nitrogen and oxygen atoms in total. The molecule has 1 heterocycles. The quantitative estimate of drug-likeness (QED) is 0.937. The third-order valence-corrected chi connectivity index (χ3v) is 4.53. The Balaban J connectivity index is 1.74. The lowest BCUT2D eigenvalue weighted by molar-refractivity contribution is -0.129. The van der Waals surface area contributed by atoms with Crippen molar-refractivity contribution in [2.24, 2.45) is 0 Å². The molecule has 0 aliphatic carbocycles. The third kappa shape index (κ3) is 3.99. The summed E-state index contributed by atoms with van der Waals surface area (Å²) in [5, 5.41) is 3.02. The lowest BCUT2D eigenvalue weighted by Crippen LogP contribution is -2.48. The SMILES string of the molecule is CC(=O)N1CCN(c2ccccc2NC(=O)c2ccc(C)cc2)CC1. The molecule has 0 spiro atoms. The van der Waals surface area contributed by atoms with Crippen LogP contribution in [0.25, 0.3) is 0 Å². The van der Waals surface area contributed by atoms with E-state index < -0.39 is 0 Å². The Morgan fingerprint density at radius 3 is 2.20 bits per heavy atom. The zero-order chi connectivity index (χ0) is 17.8. The zero-order valence-electron chi connectivity index (χ0n) is 14.7. The van der Waals surface area contributed by atoms with Crippen LogP contribution in [0.2, 0.25) is 0 Å². The summed E-state index contributed by atoms with van der Waals surface area (Å²) in [6.07, 6.45) is 0. The average Bonchev–Trinajstić information content (AvgIpc) is 2.63. The van der Waals surface area contributed by atoms with Crippen molar-refractivity contribution in [2.75, 3.05) is 36.4 Å². The molecule has 0 aromatic heterocycles. The van der Waals surface area contributed by atoms with E-state index >= 15 is 0 Å². The fourth-order valence-electron chi connectivity index (χ4n) is 3.02. The molecule has 3 rings (SSSR count). The van der Waals surface area contributed by atoms with Gasteiger partial charge in [-0.15, -0.1) is 0 Å². The van der Waals surface area contributed by atoms with E-state index in [4.69, 9.17) is 0 Å². The summed E-state index contributed by atoms with van der Waals surface area (Å²) in [6.45, 7) is 6.53. The average molecular weight is 337 g/mol. The van der Waals surface area contributed by atoms with E-state index in [1.807, 2.05) is 60.4 Å². The molecule has 25 heavy (non-hydrogen) atoms. The van der Waals surface area contributed by atoms with Crippen LogP contribution in [0.5, 0.6) is 0 Å². The lowest BCUT2D eigenvalue weighted by atomic mass is 10.1. The largest absolute Gasteiger partial charge is 0.366 e. The Morgan fingerprint density at radius 1 is 0.920 bits per heavy atom. The normalized spacial score (nSPS) is 14.3. The molecule has 1 aliphatic heterocycles. The Morgan fingerprint density at radius 2 is 1.56 bits per heavy atom. The molecule has 2 aromatic rings. The van der Waals surface area contributed by atoms with Gasteiger partial charge in [-0.3, -0.25) is 9.59 Å². The second kappa shape index (κ2) is 7.38. The fraction of sp³-hybridized carbons (Fsp3) is 0.300. The number of hydrogen-bond acceptors (Lipinski definition) is 3. The second-order valence-corrected chi connectivity index (χ2v) is 6.33. The van der Waals surface area contributed by atoms with Gasteiger partial charge in [0.25, 0.3) is 5.91 Å². The van der Waals surface area contributed by atoms with Crippen molar-refractivity contribution >= 4 is 23.2 Å². The number of aryl methyl sites for hydroxylation is 1. The van der Waals surface area contributed by atoms with Gasteiger partial charge in [-0.2, -0.15) is 0 Å². The van der Waals surface area contributed by atoms with Crippen LogP contribution in [0.4, 0.5) is 11.4 Å². The number of anilines is 2. The van der Waals surface area contributed by atoms with Gasteiger partial charge in [-0.1, -0.05) is 29.8 Å². The monoisotopic (exact) mass is 337 g/mol. The smallest absolute Gasteiger partial charge is 0.255 e. The van der Waals surface area contributed by atoms with Crippen molar-refractivity contribution in [1.82, 2.24) is 4.90 Å². The summed E-state index contributed by atoms with van der Waals surface area (Å²) in [7, 11) is 0. The van der Waals surface area contributed by atoms with Crippen LogP contribution in [0, 0.1) is 6.92 Å². The van der Waals surface area contributed by atoms with Gasteiger partial charge in [0.15, 0.2) is 0 Å². The first-order chi connectivity index (χ1) is 12.0. The molecule has 1 N–H and O–H groups in total. The minimum atomic E-state index is -0.116. The summed E-state index contributed by atoms with van der Waals surface area (Å²) < 4.78 is 0. The van der Waals surface area contributed by atoms with E-state index in [0.717, 1.165) is 30.0 Å². The van der Waals surface area contributed by atoms with Crippen molar-refractivity contribution in [1.29, 1.82) is 0 Å². The Kier molecular flexibility index (Phi) is 5.03. The minimum Gasteiger partial charge on any atom is -0.366 e. The predicted octanol–water partition coefficient (Wildman–Crippen LogP) is 2.92. The molecule has 5 heteroatoms. The number of rotatable bonds is 3. The highest BCUT2D eigenvalue weighted by Gasteiger charge is 2.21. The highest BCUT2D eigenvalue weighted by atomic mass is 16.2. The molecule has 0 radical (unpaired) electrons. The molecule has 1 fully saturated rings. The standard InChI is InChI=1S/C20H23N3O2/c1-15-7-9-17(10-8-15)20(25)21-18-5-3-4-6-19(18)23-13-11-22(12-14-23)16(2)24/h3-10H,11-14H2,1-2H3,(H,21,25). The summed E-state index contributed by atoms with van der Waals surface area (Å²) in [6, 6.07) is 15.3. The summed E-state index contributed by atoms with van der Waals surface area (Å²) in [5.74, 6) is -0.00423. The number of nitrogens with one attached hydrogen (secondary N) is 1. The molecule has 0 atom stereocenters. The van der Waals surface area contributed by atoms with Crippen LogP contribution in [-0.4, -0.2) is 42.9 Å². The van der Waals surface area contributed by atoms with Gasteiger partial charge in [0.05, 0.1) is 11.4 Å². The fourth-order valence-corrected chi connectivity index (χ4v) is 3.02. The van der Waals surface area contributed by atoms with Gasteiger partial charge < -0.3 is 15.1 Å². The molecule has 0 saturated carbocycles. The molecule has 0 unspecified atom stereocenters. The number of benzene rings is 2. The van der Waals surface area contributed by atoms with Crippen molar-refractivity contribution in [3.8, 4) is 0 Å². The van der Waals surface area contributed by atoms with Crippen molar-refractivity contribution in [3.63, 3.8) is 0 Å². The van der Waals surface area contributed by atoms with Gasteiger partial charge in [0, 0.05) is 38.7 Å². The number of carbonyl (C=O) groups excluding carboxylic acids is 2. The first kappa shape index (κ1) is 17.0. The van der Waals surface area contributed by atoms with Gasteiger partial charge in [-0.05, 0) is 31.2 Å². The number of para-hydroxylation sites is 2. The summed E-state index contributed by atoms with van der Waals surface area (Å²) in [5.41, 5.74) is 3.55. The summed E-state index contributed by atoms with van der Waals surface area (Å²) in [4.78, 5) is 28.1. The number of hydrogen-bond donors (Lipinski definition) is 1. The number of amides is 2. The maximum atomic E-state index is 12.5. The van der Waals surface area contributed by atoms with E-state index in [-0.39, 0.29) is 11.8 Å². The van der Waals surface area contributed by atoms with Crippen LogP contribution in [0.1, 0.15) is 22.8 Å². The van der Waals surface area contributed by atoms with Crippen LogP contribution < -0.4 is 10.2 Å². The molecular formula is C20H23N3O2. The zero-order valence-corrected chi connectivity index (χ0v) is 14.7.